The number of nitrogens with one attached hydrogen (secondary N) is 1. The summed E-state index contributed by atoms with van der Waals surface area (Å²) >= 11 is 15.5. The Bertz CT molecular complexity index is 664. The normalized spacial score (nSPS) is 10.8. The van der Waals surface area contributed by atoms with Crippen LogP contribution in [-0.4, -0.2) is 6.54 Å². The Labute approximate surface area is 162 Å². The first-order valence-corrected chi connectivity index (χ1v) is 9.71. The Morgan fingerprint density at radius 1 is 1.04 bits per heavy atom. The van der Waals surface area contributed by atoms with Gasteiger partial charge in [-0.3, -0.25) is 0 Å². The zero-order chi connectivity index (χ0) is 17.4. The van der Waals surface area contributed by atoms with Crippen molar-refractivity contribution in [2.24, 2.45) is 0 Å². The molecule has 0 radical (unpaired) electrons. The summed E-state index contributed by atoms with van der Waals surface area (Å²) in [4.78, 5) is 0. The maximum atomic E-state index is 6.05. The fraction of sp³-hybridized carbons (Fsp3) is 0.368. The van der Waals surface area contributed by atoms with Gasteiger partial charge in [0.15, 0.2) is 0 Å². The average molecular weight is 431 g/mol. The summed E-state index contributed by atoms with van der Waals surface area (Å²) in [6.07, 6.45) is 3.69. The fourth-order valence-electron chi connectivity index (χ4n) is 2.34. The molecule has 2 aromatic rings. The van der Waals surface area contributed by atoms with Crippen LogP contribution in [0.2, 0.25) is 10.0 Å². The minimum absolute atomic E-state index is 0.460. The van der Waals surface area contributed by atoms with Crippen LogP contribution < -0.4 is 10.1 Å². The van der Waals surface area contributed by atoms with E-state index in [1.54, 1.807) is 6.07 Å². The largest absolute Gasteiger partial charge is 0.489 e. The van der Waals surface area contributed by atoms with E-state index >= 15 is 0 Å². The molecule has 2 nitrogen and oxygen atoms in total. The minimum atomic E-state index is 0.460. The first kappa shape index (κ1) is 19.6. The summed E-state index contributed by atoms with van der Waals surface area (Å²) in [5, 5.41) is 4.58. The third-order valence-corrected chi connectivity index (χ3v) is 4.91. The van der Waals surface area contributed by atoms with Crippen molar-refractivity contribution >= 4 is 39.1 Å². The Balaban J connectivity index is 1.97. The smallest absolute Gasteiger partial charge is 0.124 e. The van der Waals surface area contributed by atoms with Crippen LogP contribution in [0.15, 0.2) is 40.9 Å². The highest BCUT2D eigenvalue weighted by Gasteiger charge is 2.06. The van der Waals surface area contributed by atoms with Gasteiger partial charge in [0.05, 0.1) is 10.0 Å². The van der Waals surface area contributed by atoms with Crippen molar-refractivity contribution in [1.29, 1.82) is 0 Å². The molecular weight excluding hydrogens is 409 g/mol. The summed E-state index contributed by atoms with van der Waals surface area (Å²) in [7, 11) is 0. The van der Waals surface area contributed by atoms with Crippen molar-refractivity contribution in [3.63, 3.8) is 0 Å². The zero-order valence-corrected chi connectivity index (χ0v) is 16.8. The molecule has 130 valence electrons. The molecule has 0 unspecified atom stereocenters. The van der Waals surface area contributed by atoms with Crippen LogP contribution in [0, 0.1) is 0 Å². The van der Waals surface area contributed by atoms with E-state index < -0.39 is 0 Å². The van der Waals surface area contributed by atoms with E-state index in [4.69, 9.17) is 27.9 Å². The Morgan fingerprint density at radius 3 is 2.62 bits per heavy atom. The monoisotopic (exact) mass is 429 g/mol. The van der Waals surface area contributed by atoms with Gasteiger partial charge in [-0.05, 0) is 48.9 Å². The van der Waals surface area contributed by atoms with Crippen LogP contribution in [0.3, 0.4) is 0 Å². The van der Waals surface area contributed by atoms with Crippen molar-refractivity contribution < 1.29 is 4.74 Å². The minimum Gasteiger partial charge on any atom is -0.489 e. The second-order valence-electron chi connectivity index (χ2n) is 5.67. The molecule has 0 aliphatic heterocycles. The SMILES string of the molecule is CCCCCNCc1cc(Br)ccc1OCc1ccc(Cl)c(Cl)c1. The Hall–Kier alpha value is -0.740. The van der Waals surface area contributed by atoms with E-state index in [1.165, 1.54) is 19.3 Å². The van der Waals surface area contributed by atoms with Gasteiger partial charge in [0.1, 0.15) is 12.4 Å². The quantitative estimate of drug-likeness (QED) is 0.451. The van der Waals surface area contributed by atoms with Gasteiger partial charge in [-0.2, -0.15) is 0 Å². The van der Waals surface area contributed by atoms with Crippen molar-refractivity contribution in [3.8, 4) is 5.75 Å². The average Bonchev–Trinajstić information content (AvgIpc) is 2.57. The van der Waals surface area contributed by atoms with Crippen LogP contribution >= 0.6 is 39.1 Å². The molecule has 0 heterocycles. The van der Waals surface area contributed by atoms with E-state index in [-0.39, 0.29) is 0 Å². The highest BCUT2D eigenvalue weighted by Crippen LogP contribution is 2.26. The lowest BCUT2D eigenvalue weighted by molar-refractivity contribution is 0.302. The van der Waals surface area contributed by atoms with Crippen LogP contribution in [0.5, 0.6) is 5.75 Å². The Morgan fingerprint density at radius 2 is 1.88 bits per heavy atom. The molecule has 2 aromatic carbocycles. The number of hydrogen-bond donors (Lipinski definition) is 1. The molecule has 0 aliphatic rings. The first-order chi connectivity index (χ1) is 11.6. The van der Waals surface area contributed by atoms with Crippen LogP contribution in [0.25, 0.3) is 0 Å². The van der Waals surface area contributed by atoms with E-state index in [0.717, 1.165) is 34.4 Å². The predicted molar refractivity (Wildman–Crippen MR) is 106 cm³/mol. The second-order valence-corrected chi connectivity index (χ2v) is 7.40. The molecule has 0 saturated heterocycles. The van der Waals surface area contributed by atoms with Crippen molar-refractivity contribution in [3.05, 3.63) is 62.0 Å². The van der Waals surface area contributed by atoms with Crippen LogP contribution in [0.4, 0.5) is 0 Å². The lowest BCUT2D eigenvalue weighted by Gasteiger charge is -2.13. The molecule has 0 fully saturated rings. The first-order valence-electron chi connectivity index (χ1n) is 8.16. The maximum absolute atomic E-state index is 6.05. The van der Waals surface area contributed by atoms with E-state index in [9.17, 15) is 0 Å². The lowest BCUT2D eigenvalue weighted by atomic mass is 10.2. The summed E-state index contributed by atoms with van der Waals surface area (Å²) in [5.74, 6) is 0.882. The second kappa shape index (κ2) is 10.3. The molecule has 2 rings (SSSR count). The van der Waals surface area contributed by atoms with E-state index in [0.29, 0.717) is 16.7 Å². The highest BCUT2D eigenvalue weighted by molar-refractivity contribution is 9.10. The lowest BCUT2D eigenvalue weighted by Crippen LogP contribution is -2.15. The molecule has 0 saturated carbocycles. The molecule has 24 heavy (non-hydrogen) atoms. The van der Waals surface area contributed by atoms with Crippen LogP contribution in [-0.2, 0) is 13.2 Å². The molecular formula is C19H22BrCl2NO. The zero-order valence-electron chi connectivity index (χ0n) is 13.7. The van der Waals surface area contributed by atoms with Gasteiger partial charge in [0.25, 0.3) is 0 Å². The molecule has 0 spiro atoms. The Kier molecular flexibility index (Phi) is 8.40. The summed E-state index contributed by atoms with van der Waals surface area (Å²) in [6, 6.07) is 11.6. The number of ether oxygens (including phenoxy) is 1. The highest BCUT2D eigenvalue weighted by atomic mass is 79.9. The molecule has 0 amide bonds. The molecule has 1 N–H and O–H groups in total. The molecule has 0 aromatic heterocycles. The number of unbranched alkanes of at least 4 members (excludes halogenated alkanes) is 2. The van der Waals surface area contributed by atoms with E-state index in [1.807, 2.05) is 24.3 Å². The van der Waals surface area contributed by atoms with Gasteiger partial charge in [-0.1, -0.05) is 65.0 Å². The van der Waals surface area contributed by atoms with Crippen molar-refractivity contribution in [1.82, 2.24) is 5.32 Å². The van der Waals surface area contributed by atoms with Gasteiger partial charge >= 0.3 is 0 Å². The molecule has 0 bridgehead atoms. The molecule has 0 aliphatic carbocycles. The molecule has 5 heteroatoms. The van der Waals surface area contributed by atoms with Crippen LogP contribution in [0.1, 0.15) is 37.3 Å². The third kappa shape index (κ3) is 6.29. The number of rotatable bonds is 9. The maximum Gasteiger partial charge on any atom is 0.124 e. The topological polar surface area (TPSA) is 21.3 Å². The van der Waals surface area contributed by atoms with Gasteiger partial charge in [-0.25, -0.2) is 0 Å². The predicted octanol–water partition coefficient (Wildman–Crippen LogP) is 6.61. The number of benzene rings is 2. The number of halogens is 3. The van der Waals surface area contributed by atoms with Gasteiger partial charge in [-0.15, -0.1) is 0 Å². The third-order valence-electron chi connectivity index (χ3n) is 3.67. The summed E-state index contributed by atoms with van der Waals surface area (Å²) < 4.78 is 7.04. The summed E-state index contributed by atoms with van der Waals surface area (Å²) in [6.45, 7) is 4.48. The number of hydrogen-bond acceptors (Lipinski definition) is 2. The summed E-state index contributed by atoms with van der Waals surface area (Å²) in [5.41, 5.74) is 2.13. The van der Waals surface area contributed by atoms with Crippen molar-refractivity contribution in [2.45, 2.75) is 39.3 Å². The standard InChI is InChI=1S/C19H22BrCl2NO/c1-2-3-4-9-23-12-15-11-16(20)6-8-19(15)24-13-14-5-7-17(21)18(22)10-14/h5-8,10-11,23H,2-4,9,12-13H2,1H3. The van der Waals surface area contributed by atoms with Crippen molar-refractivity contribution in [2.75, 3.05) is 6.54 Å². The molecule has 0 atom stereocenters. The van der Waals surface area contributed by atoms with E-state index in [2.05, 4.69) is 34.2 Å². The van der Waals surface area contributed by atoms with Gasteiger partial charge in [0, 0.05) is 16.6 Å². The fourth-order valence-corrected chi connectivity index (χ4v) is 3.07. The van der Waals surface area contributed by atoms with Gasteiger partial charge in [0.2, 0.25) is 0 Å². The van der Waals surface area contributed by atoms with Gasteiger partial charge < -0.3 is 10.1 Å².